The molecule has 1 atom stereocenters. The summed E-state index contributed by atoms with van der Waals surface area (Å²) >= 11 is 0. The van der Waals surface area contributed by atoms with E-state index in [2.05, 4.69) is 5.32 Å². The third-order valence-electron chi connectivity index (χ3n) is 3.85. The van der Waals surface area contributed by atoms with Gasteiger partial charge in [-0.3, -0.25) is 4.79 Å². The highest BCUT2D eigenvalue weighted by molar-refractivity contribution is 5.93. The Bertz CT molecular complexity index is 770. The van der Waals surface area contributed by atoms with Gasteiger partial charge < -0.3 is 19.5 Å². The lowest BCUT2D eigenvalue weighted by atomic mass is 10.1. The quantitative estimate of drug-likeness (QED) is 0.772. The van der Waals surface area contributed by atoms with Gasteiger partial charge in [0.2, 0.25) is 0 Å². The minimum absolute atomic E-state index is 0.228. The lowest BCUT2D eigenvalue weighted by Gasteiger charge is -2.17. The number of ether oxygens (including phenoxy) is 3. The highest BCUT2D eigenvalue weighted by Gasteiger charge is 2.20. The lowest BCUT2D eigenvalue weighted by molar-refractivity contribution is -0.127. The number of hydrogen-bond donors (Lipinski definition) is 1. The summed E-state index contributed by atoms with van der Waals surface area (Å²) < 4.78 is 15.6. The van der Waals surface area contributed by atoms with Crippen LogP contribution in [0.1, 0.15) is 28.4 Å². The van der Waals surface area contributed by atoms with Crippen LogP contribution in [0.3, 0.4) is 0 Å². The largest absolute Gasteiger partial charge is 0.497 e. The van der Waals surface area contributed by atoms with Gasteiger partial charge in [0.1, 0.15) is 17.1 Å². The lowest BCUT2D eigenvalue weighted by Crippen LogP contribution is -2.36. The van der Waals surface area contributed by atoms with Crippen molar-refractivity contribution in [3.05, 3.63) is 59.2 Å². The summed E-state index contributed by atoms with van der Waals surface area (Å²) in [6.45, 7) is 4.02. The molecule has 0 aliphatic heterocycles. The monoisotopic (exact) mass is 357 g/mol. The van der Waals surface area contributed by atoms with Gasteiger partial charge in [-0.25, -0.2) is 4.79 Å². The van der Waals surface area contributed by atoms with E-state index in [1.54, 1.807) is 19.1 Å². The summed E-state index contributed by atoms with van der Waals surface area (Å²) in [5, 5.41) is 2.82. The first-order chi connectivity index (χ1) is 12.4. The van der Waals surface area contributed by atoms with Gasteiger partial charge in [-0.05, 0) is 31.5 Å². The van der Waals surface area contributed by atoms with Crippen LogP contribution < -0.4 is 14.8 Å². The Morgan fingerprint density at radius 2 is 1.77 bits per heavy atom. The minimum atomic E-state index is -0.795. The van der Waals surface area contributed by atoms with Crippen LogP contribution in [0.2, 0.25) is 0 Å². The molecular weight excluding hydrogens is 334 g/mol. The molecule has 2 aromatic carbocycles. The zero-order chi connectivity index (χ0) is 19.1. The summed E-state index contributed by atoms with van der Waals surface area (Å²) in [6.07, 6.45) is -0.795. The molecule has 2 aromatic rings. The Kier molecular flexibility index (Phi) is 6.60. The average molecular weight is 357 g/mol. The Hall–Kier alpha value is -3.02. The molecule has 1 amide bonds. The van der Waals surface area contributed by atoms with E-state index < -0.39 is 12.1 Å². The molecule has 0 spiro atoms. The van der Waals surface area contributed by atoms with E-state index in [1.807, 2.05) is 31.2 Å². The highest BCUT2D eigenvalue weighted by Crippen LogP contribution is 2.26. The van der Waals surface area contributed by atoms with Crippen LogP contribution in [0.4, 0.5) is 0 Å². The predicted octanol–water partition coefficient (Wildman–Crippen LogP) is 2.87. The van der Waals surface area contributed by atoms with Crippen LogP contribution in [0.5, 0.6) is 11.5 Å². The zero-order valence-electron chi connectivity index (χ0n) is 15.4. The van der Waals surface area contributed by atoms with Crippen molar-refractivity contribution < 1.29 is 23.8 Å². The van der Waals surface area contributed by atoms with Gasteiger partial charge in [0.05, 0.1) is 14.2 Å². The Morgan fingerprint density at radius 3 is 2.38 bits per heavy atom. The fraction of sp³-hybridized carbons (Fsp3) is 0.300. The molecule has 6 nitrogen and oxygen atoms in total. The van der Waals surface area contributed by atoms with E-state index in [0.29, 0.717) is 12.3 Å². The number of methoxy groups -OCH3 is 2. The molecule has 2 rings (SSSR count). The second-order valence-electron chi connectivity index (χ2n) is 5.82. The normalized spacial score (nSPS) is 11.4. The molecule has 0 saturated heterocycles. The minimum Gasteiger partial charge on any atom is -0.497 e. The average Bonchev–Trinajstić information content (AvgIpc) is 2.66. The van der Waals surface area contributed by atoms with E-state index in [4.69, 9.17) is 14.2 Å². The molecule has 26 heavy (non-hydrogen) atoms. The molecule has 0 saturated carbocycles. The van der Waals surface area contributed by atoms with Crippen LogP contribution in [-0.4, -0.2) is 32.2 Å². The third-order valence-corrected chi connectivity index (χ3v) is 3.85. The van der Waals surface area contributed by atoms with Crippen LogP contribution >= 0.6 is 0 Å². The molecule has 0 heterocycles. The van der Waals surface area contributed by atoms with Crippen molar-refractivity contribution in [2.45, 2.75) is 26.5 Å². The third kappa shape index (κ3) is 4.99. The van der Waals surface area contributed by atoms with Crippen molar-refractivity contribution in [3.63, 3.8) is 0 Å². The van der Waals surface area contributed by atoms with Crippen molar-refractivity contribution in [2.75, 3.05) is 14.2 Å². The number of esters is 1. The molecule has 0 aliphatic rings. The molecule has 0 aliphatic carbocycles. The summed E-state index contributed by atoms with van der Waals surface area (Å²) in [4.78, 5) is 24.2. The number of rotatable bonds is 7. The van der Waals surface area contributed by atoms with Crippen LogP contribution in [-0.2, 0) is 16.1 Å². The molecule has 138 valence electrons. The van der Waals surface area contributed by atoms with Gasteiger partial charge in [0.15, 0.2) is 6.10 Å². The predicted molar refractivity (Wildman–Crippen MR) is 97.4 cm³/mol. The van der Waals surface area contributed by atoms with Gasteiger partial charge in [-0.1, -0.05) is 29.8 Å². The maximum atomic E-state index is 12.3. The molecule has 1 N–H and O–H groups in total. The summed E-state index contributed by atoms with van der Waals surface area (Å²) in [5.41, 5.74) is 2.38. The van der Waals surface area contributed by atoms with E-state index in [-0.39, 0.29) is 17.2 Å². The van der Waals surface area contributed by atoms with Gasteiger partial charge in [0.25, 0.3) is 5.91 Å². The first-order valence-corrected chi connectivity index (χ1v) is 8.21. The summed E-state index contributed by atoms with van der Waals surface area (Å²) in [5.74, 6) is -0.0896. The van der Waals surface area contributed by atoms with Crippen LogP contribution in [0.25, 0.3) is 0 Å². The SMILES string of the molecule is COC(=O)c1ccc(OC)cc1O[C@@H](C)C(=O)NCc1ccc(C)cc1. The number of hydrogen-bond acceptors (Lipinski definition) is 5. The van der Waals surface area contributed by atoms with Gasteiger partial charge in [-0.2, -0.15) is 0 Å². The number of amides is 1. The van der Waals surface area contributed by atoms with Gasteiger partial charge in [-0.15, -0.1) is 0 Å². The smallest absolute Gasteiger partial charge is 0.341 e. The van der Waals surface area contributed by atoms with Crippen LogP contribution in [0.15, 0.2) is 42.5 Å². The van der Waals surface area contributed by atoms with E-state index in [1.165, 1.54) is 20.3 Å². The second kappa shape index (κ2) is 8.89. The van der Waals surface area contributed by atoms with E-state index >= 15 is 0 Å². The first-order valence-electron chi connectivity index (χ1n) is 8.21. The Labute approximate surface area is 153 Å². The Balaban J connectivity index is 2.05. The number of carbonyl (C=O) groups is 2. The number of aryl methyl sites for hydroxylation is 1. The number of benzene rings is 2. The zero-order valence-corrected chi connectivity index (χ0v) is 15.4. The number of nitrogens with one attached hydrogen (secondary N) is 1. The fourth-order valence-electron chi connectivity index (χ4n) is 2.29. The fourth-order valence-corrected chi connectivity index (χ4v) is 2.29. The van der Waals surface area contributed by atoms with Crippen molar-refractivity contribution in [3.8, 4) is 11.5 Å². The highest BCUT2D eigenvalue weighted by atomic mass is 16.5. The van der Waals surface area contributed by atoms with Crippen molar-refractivity contribution in [2.24, 2.45) is 0 Å². The topological polar surface area (TPSA) is 73.9 Å². The molecule has 0 aromatic heterocycles. The first kappa shape index (κ1) is 19.3. The Morgan fingerprint density at radius 1 is 1.08 bits per heavy atom. The van der Waals surface area contributed by atoms with Crippen molar-refractivity contribution in [1.82, 2.24) is 5.32 Å². The molecule has 0 fully saturated rings. The van der Waals surface area contributed by atoms with Gasteiger partial charge in [0, 0.05) is 12.6 Å². The molecule has 0 radical (unpaired) electrons. The second-order valence-corrected chi connectivity index (χ2v) is 5.82. The maximum absolute atomic E-state index is 12.3. The molecule has 6 heteroatoms. The van der Waals surface area contributed by atoms with Crippen LogP contribution in [0, 0.1) is 6.92 Å². The molecule has 0 bridgehead atoms. The van der Waals surface area contributed by atoms with Gasteiger partial charge >= 0.3 is 5.97 Å². The van der Waals surface area contributed by atoms with E-state index in [0.717, 1.165) is 11.1 Å². The molecular formula is C20H23NO5. The van der Waals surface area contributed by atoms with Crippen molar-refractivity contribution >= 4 is 11.9 Å². The maximum Gasteiger partial charge on any atom is 0.341 e. The summed E-state index contributed by atoms with van der Waals surface area (Å²) in [6, 6.07) is 12.6. The standard InChI is InChI=1S/C20H23NO5/c1-13-5-7-15(8-6-13)12-21-19(22)14(2)26-18-11-16(24-3)9-10-17(18)20(23)25-4/h5-11,14H,12H2,1-4H3,(H,21,22)/t14-/m0/s1. The summed E-state index contributed by atoms with van der Waals surface area (Å²) in [7, 11) is 2.79. The van der Waals surface area contributed by atoms with E-state index in [9.17, 15) is 9.59 Å². The number of carbonyl (C=O) groups excluding carboxylic acids is 2. The van der Waals surface area contributed by atoms with Crippen molar-refractivity contribution in [1.29, 1.82) is 0 Å². The molecule has 0 unspecified atom stereocenters.